The second-order valence-electron chi connectivity index (χ2n) is 3.51. The van der Waals surface area contributed by atoms with Crippen molar-refractivity contribution < 1.29 is 9.53 Å². The Morgan fingerprint density at radius 1 is 1.44 bits per heavy atom. The van der Waals surface area contributed by atoms with E-state index in [9.17, 15) is 4.79 Å². The van der Waals surface area contributed by atoms with E-state index in [0.29, 0.717) is 31.9 Å². The fourth-order valence-electron chi connectivity index (χ4n) is 1.59. The lowest BCUT2D eigenvalue weighted by Gasteiger charge is -2.26. The fourth-order valence-corrected chi connectivity index (χ4v) is 1.80. The van der Waals surface area contributed by atoms with Gasteiger partial charge in [-0.3, -0.25) is 4.79 Å². The summed E-state index contributed by atoms with van der Waals surface area (Å²) in [5.41, 5.74) is 6.01. The lowest BCUT2D eigenvalue weighted by atomic mass is 10.2. The number of nitrogens with zero attached hydrogens (tertiary/aromatic N) is 2. The highest BCUT2D eigenvalue weighted by molar-refractivity contribution is 6.29. The van der Waals surface area contributed by atoms with Crippen molar-refractivity contribution in [2.45, 2.75) is 0 Å². The highest BCUT2D eigenvalue weighted by atomic mass is 35.5. The van der Waals surface area contributed by atoms with Crippen molar-refractivity contribution in [3.8, 4) is 0 Å². The molecule has 0 saturated carbocycles. The van der Waals surface area contributed by atoms with E-state index in [-0.39, 0.29) is 16.9 Å². The number of nitrogen functional groups attached to an aromatic ring is 1. The number of pyridine rings is 1. The Bertz CT molecular complexity index is 385. The van der Waals surface area contributed by atoms with Gasteiger partial charge in [-0.25, -0.2) is 4.98 Å². The maximum absolute atomic E-state index is 12.0. The molecule has 5 nitrogen and oxygen atoms in total. The molecule has 0 spiro atoms. The Morgan fingerprint density at radius 2 is 2.12 bits per heavy atom. The van der Waals surface area contributed by atoms with Crippen LogP contribution in [0.2, 0.25) is 5.15 Å². The zero-order valence-electron chi connectivity index (χ0n) is 8.65. The van der Waals surface area contributed by atoms with Crippen molar-refractivity contribution in [2.24, 2.45) is 0 Å². The minimum absolute atomic E-state index is 0.0840. The van der Waals surface area contributed by atoms with Gasteiger partial charge in [-0.15, -0.1) is 0 Å². The zero-order valence-corrected chi connectivity index (χ0v) is 9.41. The van der Waals surface area contributed by atoms with Crippen molar-refractivity contribution in [1.29, 1.82) is 0 Å². The Morgan fingerprint density at radius 3 is 2.75 bits per heavy atom. The first kappa shape index (κ1) is 11.2. The van der Waals surface area contributed by atoms with Gasteiger partial charge in [-0.2, -0.15) is 0 Å². The molecule has 6 heteroatoms. The molecule has 1 amide bonds. The van der Waals surface area contributed by atoms with Crippen LogP contribution in [0.4, 0.5) is 5.82 Å². The van der Waals surface area contributed by atoms with Crippen LogP contribution < -0.4 is 5.73 Å². The van der Waals surface area contributed by atoms with E-state index in [1.807, 2.05) is 0 Å². The number of anilines is 1. The molecule has 1 aromatic rings. The van der Waals surface area contributed by atoms with Crippen molar-refractivity contribution in [3.05, 3.63) is 22.8 Å². The number of hydrogen-bond donors (Lipinski definition) is 1. The molecule has 0 bridgehead atoms. The van der Waals surface area contributed by atoms with Gasteiger partial charge in [0.05, 0.1) is 13.2 Å². The quantitative estimate of drug-likeness (QED) is 0.738. The summed E-state index contributed by atoms with van der Waals surface area (Å²) in [6.07, 6.45) is 0. The standard InChI is InChI=1S/C10H12ClN3O2/c11-8-5-7(6-9(12)13-8)10(15)14-1-3-16-4-2-14/h5-6H,1-4H2,(H2,12,13). The first-order valence-electron chi connectivity index (χ1n) is 4.97. The largest absolute Gasteiger partial charge is 0.384 e. The molecule has 0 radical (unpaired) electrons. The van der Waals surface area contributed by atoms with E-state index in [0.717, 1.165) is 0 Å². The molecular weight excluding hydrogens is 230 g/mol. The number of hydrogen-bond acceptors (Lipinski definition) is 4. The SMILES string of the molecule is Nc1cc(C(=O)N2CCOCC2)cc(Cl)n1. The van der Waals surface area contributed by atoms with Gasteiger partial charge in [0.2, 0.25) is 0 Å². The lowest BCUT2D eigenvalue weighted by Crippen LogP contribution is -2.40. The van der Waals surface area contributed by atoms with Gasteiger partial charge >= 0.3 is 0 Å². The van der Waals surface area contributed by atoms with E-state index in [1.165, 1.54) is 12.1 Å². The van der Waals surface area contributed by atoms with Gasteiger partial charge in [-0.05, 0) is 12.1 Å². The smallest absolute Gasteiger partial charge is 0.254 e. The molecule has 0 unspecified atom stereocenters. The molecule has 2 rings (SSSR count). The van der Waals surface area contributed by atoms with Crippen LogP contribution in [0.3, 0.4) is 0 Å². The number of aromatic nitrogens is 1. The summed E-state index contributed by atoms with van der Waals surface area (Å²) in [4.78, 5) is 17.6. The number of halogens is 1. The topological polar surface area (TPSA) is 68.5 Å². The van der Waals surface area contributed by atoms with E-state index >= 15 is 0 Å². The first-order chi connectivity index (χ1) is 7.66. The molecular formula is C10H12ClN3O2. The molecule has 0 aromatic carbocycles. The molecule has 2 heterocycles. The van der Waals surface area contributed by atoms with Crippen LogP contribution >= 0.6 is 11.6 Å². The van der Waals surface area contributed by atoms with Crippen LogP contribution in [-0.2, 0) is 4.74 Å². The van der Waals surface area contributed by atoms with Gasteiger partial charge in [0, 0.05) is 18.7 Å². The molecule has 86 valence electrons. The summed E-state index contributed by atoms with van der Waals surface area (Å²) in [5.74, 6) is 0.170. The minimum atomic E-state index is -0.0840. The third-order valence-electron chi connectivity index (χ3n) is 2.36. The molecule has 1 fully saturated rings. The Labute approximate surface area is 98.1 Å². The fraction of sp³-hybridized carbons (Fsp3) is 0.400. The van der Waals surface area contributed by atoms with Crippen LogP contribution in [0.15, 0.2) is 12.1 Å². The van der Waals surface area contributed by atoms with Crippen molar-refractivity contribution in [1.82, 2.24) is 9.88 Å². The molecule has 1 saturated heterocycles. The molecule has 1 aliphatic rings. The first-order valence-corrected chi connectivity index (χ1v) is 5.35. The number of morpholine rings is 1. The summed E-state index contributed by atoms with van der Waals surface area (Å²) in [7, 11) is 0. The van der Waals surface area contributed by atoms with Gasteiger partial charge in [0.15, 0.2) is 0 Å². The Hall–Kier alpha value is -1.33. The maximum atomic E-state index is 12.0. The monoisotopic (exact) mass is 241 g/mol. The Kier molecular flexibility index (Phi) is 3.26. The summed E-state index contributed by atoms with van der Waals surface area (Å²) in [6.45, 7) is 2.33. The molecule has 0 atom stereocenters. The summed E-state index contributed by atoms with van der Waals surface area (Å²) < 4.78 is 5.18. The van der Waals surface area contributed by atoms with E-state index in [4.69, 9.17) is 22.1 Å². The van der Waals surface area contributed by atoms with Gasteiger partial charge in [-0.1, -0.05) is 11.6 Å². The van der Waals surface area contributed by atoms with E-state index in [2.05, 4.69) is 4.98 Å². The number of carbonyl (C=O) groups is 1. The third-order valence-corrected chi connectivity index (χ3v) is 2.55. The number of rotatable bonds is 1. The van der Waals surface area contributed by atoms with Gasteiger partial charge in [0.1, 0.15) is 11.0 Å². The maximum Gasteiger partial charge on any atom is 0.254 e. The summed E-state index contributed by atoms with van der Waals surface area (Å²) >= 11 is 5.75. The Balaban J connectivity index is 2.19. The normalized spacial score (nSPS) is 16.2. The van der Waals surface area contributed by atoms with E-state index < -0.39 is 0 Å². The lowest BCUT2D eigenvalue weighted by molar-refractivity contribution is 0.0303. The second kappa shape index (κ2) is 4.67. The minimum Gasteiger partial charge on any atom is -0.384 e. The van der Waals surface area contributed by atoms with Crippen LogP contribution in [0.1, 0.15) is 10.4 Å². The van der Waals surface area contributed by atoms with Crippen LogP contribution in [-0.4, -0.2) is 42.1 Å². The number of ether oxygens (including phenoxy) is 1. The van der Waals surface area contributed by atoms with Crippen molar-refractivity contribution >= 4 is 23.3 Å². The molecule has 2 N–H and O–H groups in total. The zero-order chi connectivity index (χ0) is 11.5. The van der Waals surface area contributed by atoms with Gasteiger partial charge < -0.3 is 15.4 Å². The molecule has 0 aliphatic carbocycles. The number of carbonyl (C=O) groups excluding carboxylic acids is 1. The highest BCUT2D eigenvalue weighted by Gasteiger charge is 2.19. The van der Waals surface area contributed by atoms with Crippen LogP contribution in [0.5, 0.6) is 0 Å². The predicted octanol–water partition coefficient (Wildman–Crippen LogP) is 0.790. The van der Waals surface area contributed by atoms with Crippen molar-refractivity contribution in [2.75, 3.05) is 32.0 Å². The average molecular weight is 242 g/mol. The number of amides is 1. The van der Waals surface area contributed by atoms with Crippen LogP contribution in [0.25, 0.3) is 0 Å². The summed E-state index contributed by atoms with van der Waals surface area (Å²) in [5, 5.41) is 0.233. The van der Waals surface area contributed by atoms with Crippen LogP contribution in [0, 0.1) is 0 Å². The molecule has 1 aromatic heterocycles. The molecule has 1 aliphatic heterocycles. The third kappa shape index (κ3) is 2.43. The van der Waals surface area contributed by atoms with Gasteiger partial charge in [0.25, 0.3) is 5.91 Å². The molecule has 16 heavy (non-hydrogen) atoms. The highest BCUT2D eigenvalue weighted by Crippen LogP contribution is 2.14. The summed E-state index contributed by atoms with van der Waals surface area (Å²) in [6, 6.07) is 3.05. The number of nitrogens with two attached hydrogens (primary N) is 1. The average Bonchev–Trinajstić information content (AvgIpc) is 2.28. The predicted molar refractivity (Wildman–Crippen MR) is 60.4 cm³/mol. The van der Waals surface area contributed by atoms with E-state index in [1.54, 1.807) is 4.90 Å². The second-order valence-corrected chi connectivity index (χ2v) is 3.90. The van der Waals surface area contributed by atoms with Crippen molar-refractivity contribution in [3.63, 3.8) is 0 Å².